The highest BCUT2D eigenvalue weighted by Crippen LogP contribution is 2.18. The van der Waals surface area contributed by atoms with Gasteiger partial charge >= 0.3 is 5.69 Å². The topological polar surface area (TPSA) is 73.1 Å². The van der Waals surface area contributed by atoms with Gasteiger partial charge in [-0.2, -0.15) is 0 Å². The molecule has 6 nitrogen and oxygen atoms in total. The van der Waals surface area contributed by atoms with Crippen LogP contribution in [0, 0.1) is 12.7 Å². The van der Waals surface area contributed by atoms with Crippen molar-refractivity contribution in [1.82, 2.24) is 14.5 Å². The van der Waals surface area contributed by atoms with Crippen LogP contribution in [0.2, 0.25) is 0 Å². The number of nitrogens with one attached hydrogen (secondary N) is 1. The first-order valence-electron chi connectivity index (χ1n) is 8.62. The molecule has 1 amide bonds. The van der Waals surface area contributed by atoms with Gasteiger partial charge in [-0.1, -0.05) is 6.92 Å². The molecule has 0 aliphatic rings. The van der Waals surface area contributed by atoms with Crippen molar-refractivity contribution < 1.29 is 9.18 Å². The lowest BCUT2D eigenvalue weighted by atomic mass is 10.2. The number of benzene rings is 1. The van der Waals surface area contributed by atoms with Crippen LogP contribution in [0.5, 0.6) is 0 Å². The number of carbonyl (C=O) groups is 1. The molecule has 3 aromatic rings. The maximum Gasteiger partial charge on any atom is 0.336 e. The maximum atomic E-state index is 13.5. The fourth-order valence-electron chi connectivity index (χ4n) is 2.89. The average molecular weight is 389 g/mol. The third-order valence-electron chi connectivity index (χ3n) is 4.48. The Morgan fingerprint density at radius 2 is 2.04 bits per heavy atom. The highest BCUT2D eigenvalue weighted by atomic mass is 32.1. The largest absolute Gasteiger partial charge is 0.352 e. The van der Waals surface area contributed by atoms with Gasteiger partial charge in [0.1, 0.15) is 17.1 Å². The van der Waals surface area contributed by atoms with Crippen LogP contribution < -0.4 is 16.6 Å². The summed E-state index contributed by atoms with van der Waals surface area (Å²) in [6, 6.07) is 5.50. The van der Waals surface area contributed by atoms with Gasteiger partial charge < -0.3 is 5.32 Å². The molecule has 3 rings (SSSR count). The minimum Gasteiger partial charge on any atom is -0.352 e. The van der Waals surface area contributed by atoms with Crippen molar-refractivity contribution in [1.29, 1.82) is 0 Å². The number of aryl methyl sites for hydroxylation is 1. The lowest BCUT2D eigenvalue weighted by molar-refractivity contribution is -0.122. The van der Waals surface area contributed by atoms with Gasteiger partial charge in [0.05, 0.1) is 11.2 Å². The number of halogens is 1. The Hall–Kier alpha value is -2.74. The summed E-state index contributed by atoms with van der Waals surface area (Å²) in [4.78, 5) is 38.3. The van der Waals surface area contributed by atoms with E-state index < -0.39 is 17.1 Å². The molecule has 2 aromatic heterocycles. The lowest BCUT2D eigenvalue weighted by Crippen LogP contribution is -2.43. The molecule has 142 valence electrons. The number of fused-ring (bicyclic) bond motifs is 1. The number of nitrogens with zero attached hydrogens (tertiary/aromatic N) is 2. The van der Waals surface area contributed by atoms with E-state index in [9.17, 15) is 18.8 Å². The zero-order valence-corrected chi connectivity index (χ0v) is 16.1. The number of aromatic nitrogens is 2. The van der Waals surface area contributed by atoms with Gasteiger partial charge in [-0.25, -0.2) is 13.8 Å². The minimum absolute atomic E-state index is 0.0172. The molecule has 1 N–H and O–H groups in total. The monoisotopic (exact) mass is 389 g/mol. The number of carbonyl (C=O) groups excluding carboxylic acids is 1. The molecule has 1 unspecified atom stereocenters. The molecule has 8 heteroatoms. The van der Waals surface area contributed by atoms with Gasteiger partial charge in [-0.3, -0.25) is 14.2 Å². The van der Waals surface area contributed by atoms with E-state index in [0.717, 1.165) is 11.0 Å². The summed E-state index contributed by atoms with van der Waals surface area (Å²) >= 11 is 1.20. The molecule has 0 aliphatic heterocycles. The highest BCUT2D eigenvalue weighted by molar-refractivity contribution is 7.17. The first-order valence-corrected chi connectivity index (χ1v) is 9.50. The summed E-state index contributed by atoms with van der Waals surface area (Å²) in [5.41, 5.74) is 0.0852. The van der Waals surface area contributed by atoms with Crippen molar-refractivity contribution in [3.8, 4) is 5.69 Å². The second kappa shape index (κ2) is 7.48. The predicted octanol–water partition coefficient (Wildman–Crippen LogP) is 2.58. The standard InChI is InChI=1S/C19H20FN3O3S/c1-4-12(3)21-16(24)10-22-15-7-8-27-17(15)18(25)23(19(22)26)14-6-5-13(20)9-11(14)2/h5-9,12H,4,10H2,1-3H3,(H,21,24). The van der Waals surface area contributed by atoms with E-state index in [0.29, 0.717) is 21.5 Å². The summed E-state index contributed by atoms with van der Waals surface area (Å²) in [6.45, 7) is 5.26. The summed E-state index contributed by atoms with van der Waals surface area (Å²) in [7, 11) is 0. The maximum absolute atomic E-state index is 13.5. The van der Waals surface area contributed by atoms with E-state index in [1.165, 1.54) is 34.1 Å². The molecule has 0 radical (unpaired) electrons. The normalized spacial score (nSPS) is 12.3. The molecule has 0 aliphatic carbocycles. The number of thiophene rings is 1. The lowest BCUT2D eigenvalue weighted by Gasteiger charge is -2.15. The minimum atomic E-state index is -0.625. The van der Waals surface area contributed by atoms with Crippen LogP contribution in [0.4, 0.5) is 4.39 Å². The van der Waals surface area contributed by atoms with E-state index in [-0.39, 0.29) is 18.5 Å². The zero-order valence-electron chi connectivity index (χ0n) is 15.3. The Balaban J connectivity index is 2.20. The SMILES string of the molecule is CCC(C)NC(=O)Cn1c(=O)n(-c2ccc(F)cc2C)c(=O)c2sccc21. The number of rotatable bonds is 5. The number of amides is 1. The van der Waals surface area contributed by atoms with E-state index >= 15 is 0 Å². The van der Waals surface area contributed by atoms with Gasteiger partial charge in [0.25, 0.3) is 5.56 Å². The third kappa shape index (κ3) is 3.57. The second-order valence-electron chi connectivity index (χ2n) is 6.45. The van der Waals surface area contributed by atoms with Crippen LogP contribution in [-0.2, 0) is 11.3 Å². The molecule has 0 fully saturated rings. The Bertz CT molecular complexity index is 1130. The summed E-state index contributed by atoms with van der Waals surface area (Å²) in [5, 5.41) is 4.53. The Morgan fingerprint density at radius 3 is 2.70 bits per heavy atom. The fraction of sp³-hybridized carbons (Fsp3) is 0.316. The van der Waals surface area contributed by atoms with Gasteiger partial charge in [0.15, 0.2) is 0 Å². The fourth-order valence-corrected chi connectivity index (χ4v) is 3.71. The van der Waals surface area contributed by atoms with E-state index in [2.05, 4.69) is 5.32 Å². The van der Waals surface area contributed by atoms with Gasteiger partial charge in [0, 0.05) is 6.04 Å². The van der Waals surface area contributed by atoms with Crippen molar-refractivity contribution in [3.63, 3.8) is 0 Å². The first kappa shape index (κ1) is 19.0. The molecule has 2 heterocycles. The first-order chi connectivity index (χ1) is 12.8. The van der Waals surface area contributed by atoms with E-state index in [1.807, 2.05) is 13.8 Å². The highest BCUT2D eigenvalue weighted by Gasteiger charge is 2.19. The van der Waals surface area contributed by atoms with Crippen molar-refractivity contribution in [2.75, 3.05) is 0 Å². The predicted molar refractivity (Wildman–Crippen MR) is 104 cm³/mol. The molecule has 0 saturated heterocycles. The average Bonchev–Trinajstić information content (AvgIpc) is 3.10. The van der Waals surface area contributed by atoms with Gasteiger partial charge in [0.2, 0.25) is 5.91 Å². The zero-order chi connectivity index (χ0) is 19.7. The molecular formula is C19H20FN3O3S. The summed E-state index contributed by atoms with van der Waals surface area (Å²) in [5.74, 6) is -0.755. The Morgan fingerprint density at radius 1 is 1.30 bits per heavy atom. The quantitative estimate of drug-likeness (QED) is 0.729. The van der Waals surface area contributed by atoms with Crippen LogP contribution in [0.25, 0.3) is 15.9 Å². The van der Waals surface area contributed by atoms with Crippen molar-refractivity contribution in [2.24, 2.45) is 0 Å². The third-order valence-corrected chi connectivity index (χ3v) is 5.37. The van der Waals surface area contributed by atoms with E-state index in [4.69, 9.17) is 0 Å². The molecule has 1 atom stereocenters. The second-order valence-corrected chi connectivity index (χ2v) is 7.37. The Labute approximate surface area is 158 Å². The van der Waals surface area contributed by atoms with Crippen molar-refractivity contribution >= 4 is 27.5 Å². The smallest absolute Gasteiger partial charge is 0.336 e. The number of hydrogen-bond donors (Lipinski definition) is 1. The molecular weight excluding hydrogens is 369 g/mol. The van der Waals surface area contributed by atoms with E-state index in [1.54, 1.807) is 18.4 Å². The molecule has 0 spiro atoms. The summed E-state index contributed by atoms with van der Waals surface area (Å²) in [6.07, 6.45) is 0.767. The van der Waals surface area contributed by atoms with Gasteiger partial charge in [-0.05, 0) is 55.5 Å². The van der Waals surface area contributed by atoms with Crippen molar-refractivity contribution in [2.45, 2.75) is 39.8 Å². The van der Waals surface area contributed by atoms with Crippen LogP contribution >= 0.6 is 11.3 Å². The molecule has 1 aromatic carbocycles. The van der Waals surface area contributed by atoms with Crippen LogP contribution in [0.1, 0.15) is 25.8 Å². The number of hydrogen-bond acceptors (Lipinski definition) is 4. The van der Waals surface area contributed by atoms with Crippen LogP contribution in [0.3, 0.4) is 0 Å². The molecule has 0 saturated carbocycles. The van der Waals surface area contributed by atoms with Crippen LogP contribution in [-0.4, -0.2) is 21.1 Å². The van der Waals surface area contributed by atoms with Crippen LogP contribution in [0.15, 0.2) is 39.2 Å². The molecule has 0 bridgehead atoms. The van der Waals surface area contributed by atoms with Gasteiger partial charge in [-0.15, -0.1) is 11.3 Å². The summed E-state index contributed by atoms with van der Waals surface area (Å²) < 4.78 is 16.1. The van der Waals surface area contributed by atoms with Crippen molar-refractivity contribution in [3.05, 3.63) is 61.9 Å². The molecule has 27 heavy (non-hydrogen) atoms. The Kier molecular flexibility index (Phi) is 5.27.